The van der Waals surface area contributed by atoms with Gasteiger partial charge in [0.2, 0.25) is 0 Å². The number of aromatic nitrogens is 2. The average Bonchev–Trinajstić information content (AvgIpc) is 2.77. The van der Waals surface area contributed by atoms with Crippen LogP contribution in [0, 0.1) is 18.6 Å². The number of hydrogen-bond donors (Lipinski definition) is 2. The number of nitrogens with zero attached hydrogens (tertiary/aromatic N) is 1. The van der Waals surface area contributed by atoms with Crippen LogP contribution in [0.1, 0.15) is 15.9 Å². The number of fused-ring (bicyclic) bond motifs is 1. The molecule has 0 atom stereocenters. The summed E-state index contributed by atoms with van der Waals surface area (Å²) in [5.74, 6) is -2.99. The third-order valence-electron chi connectivity index (χ3n) is 3.44. The Hall–Kier alpha value is -2.96. The number of aryl methyl sites for hydroxylation is 1. The minimum absolute atomic E-state index is 0.138. The number of aromatic amines is 1. The molecule has 0 saturated carbocycles. The van der Waals surface area contributed by atoms with Crippen molar-refractivity contribution in [2.75, 3.05) is 5.73 Å². The summed E-state index contributed by atoms with van der Waals surface area (Å²) < 4.78 is 27.1. The van der Waals surface area contributed by atoms with Gasteiger partial charge in [0, 0.05) is 11.3 Å². The molecule has 1 heterocycles. The molecule has 0 radical (unpaired) electrons. The normalized spacial score (nSPS) is 11.0. The smallest absolute Gasteiger partial charge is 0.333 e. The largest absolute Gasteiger partial charge is 0.398 e. The molecule has 0 amide bonds. The lowest BCUT2D eigenvalue weighted by molar-refractivity contribution is 0.0960. The van der Waals surface area contributed by atoms with Crippen molar-refractivity contribution < 1.29 is 13.6 Å². The Morgan fingerprint density at radius 3 is 2.59 bits per heavy atom. The van der Waals surface area contributed by atoms with Gasteiger partial charge >= 0.3 is 5.69 Å². The van der Waals surface area contributed by atoms with Gasteiger partial charge in [0.05, 0.1) is 11.0 Å². The van der Waals surface area contributed by atoms with E-state index in [-0.39, 0.29) is 11.1 Å². The summed E-state index contributed by atoms with van der Waals surface area (Å²) in [5.41, 5.74) is 6.87. The van der Waals surface area contributed by atoms with Crippen molar-refractivity contribution in [1.29, 1.82) is 0 Å². The van der Waals surface area contributed by atoms with Gasteiger partial charge in [-0.3, -0.25) is 4.79 Å². The summed E-state index contributed by atoms with van der Waals surface area (Å²) in [6.07, 6.45) is 0. The molecule has 0 aliphatic heterocycles. The molecule has 7 heteroatoms. The molecule has 3 rings (SSSR count). The Bertz CT molecular complexity index is 973. The number of nitrogen functional groups attached to an aromatic ring is 1. The van der Waals surface area contributed by atoms with Crippen LogP contribution in [0.3, 0.4) is 0 Å². The van der Waals surface area contributed by atoms with Gasteiger partial charge in [-0.25, -0.2) is 18.1 Å². The van der Waals surface area contributed by atoms with Crippen LogP contribution in [0.5, 0.6) is 0 Å². The van der Waals surface area contributed by atoms with E-state index in [1.54, 1.807) is 13.0 Å². The van der Waals surface area contributed by atoms with E-state index in [9.17, 15) is 18.4 Å². The molecule has 0 fully saturated rings. The van der Waals surface area contributed by atoms with E-state index in [0.717, 1.165) is 28.3 Å². The first-order chi connectivity index (χ1) is 10.4. The molecule has 0 aliphatic carbocycles. The molecule has 2 aromatic carbocycles. The average molecular weight is 303 g/mol. The summed E-state index contributed by atoms with van der Waals surface area (Å²) in [7, 11) is 0. The van der Waals surface area contributed by atoms with Crippen molar-refractivity contribution in [2.24, 2.45) is 0 Å². The van der Waals surface area contributed by atoms with Crippen molar-refractivity contribution in [2.45, 2.75) is 6.92 Å². The van der Waals surface area contributed by atoms with Crippen LogP contribution in [-0.4, -0.2) is 15.5 Å². The number of benzene rings is 2. The van der Waals surface area contributed by atoms with Crippen molar-refractivity contribution in [3.05, 3.63) is 63.6 Å². The lowest BCUT2D eigenvalue weighted by Crippen LogP contribution is -2.25. The number of anilines is 1. The number of carbonyl (C=O) groups excluding carboxylic acids is 1. The highest BCUT2D eigenvalue weighted by atomic mass is 19.2. The van der Waals surface area contributed by atoms with E-state index in [2.05, 4.69) is 4.98 Å². The SMILES string of the molecule is Cc1cc2[nH]c(=O)n(C(=O)c3ccc(F)c(F)c3)c2cc1N. The number of imidazole rings is 1. The van der Waals surface area contributed by atoms with Crippen LogP contribution in [-0.2, 0) is 0 Å². The maximum atomic E-state index is 13.3. The number of nitrogens with one attached hydrogen (secondary N) is 1. The highest BCUT2D eigenvalue weighted by molar-refractivity contribution is 6.01. The van der Waals surface area contributed by atoms with Crippen LogP contribution in [0.25, 0.3) is 11.0 Å². The maximum Gasteiger partial charge on any atom is 0.333 e. The third kappa shape index (κ3) is 2.07. The van der Waals surface area contributed by atoms with Gasteiger partial charge in [0.1, 0.15) is 0 Å². The second-order valence-electron chi connectivity index (χ2n) is 4.93. The Kier molecular flexibility index (Phi) is 3.05. The van der Waals surface area contributed by atoms with E-state index in [1.165, 1.54) is 6.07 Å². The standard InChI is InChI=1S/C15H11F2N3O2/c1-7-4-12-13(6-11(7)18)20(15(22)19-12)14(21)8-2-3-9(16)10(17)5-8/h2-6H,18H2,1H3,(H,19,22). The van der Waals surface area contributed by atoms with Gasteiger partial charge in [-0.1, -0.05) is 0 Å². The summed E-state index contributed by atoms with van der Waals surface area (Å²) in [4.78, 5) is 27.0. The maximum absolute atomic E-state index is 13.3. The van der Waals surface area contributed by atoms with Gasteiger partial charge in [-0.15, -0.1) is 0 Å². The summed E-state index contributed by atoms with van der Waals surface area (Å²) >= 11 is 0. The molecule has 1 aromatic heterocycles. The molecule has 0 aliphatic rings. The fraction of sp³-hybridized carbons (Fsp3) is 0.0667. The monoisotopic (exact) mass is 303 g/mol. The summed E-state index contributed by atoms with van der Waals surface area (Å²) in [6, 6.07) is 5.83. The molecular weight excluding hydrogens is 292 g/mol. The number of halogens is 2. The van der Waals surface area contributed by atoms with Gasteiger partial charge in [-0.05, 0) is 42.8 Å². The Labute approximate surface area is 123 Å². The molecule has 3 N–H and O–H groups in total. The third-order valence-corrected chi connectivity index (χ3v) is 3.44. The highest BCUT2D eigenvalue weighted by Gasteiger charge is 2.18. The molecule has 0 bridgehead atoms. The van der Waals surface area contributed by atoms with Crippen LogP contribution in [0.15, 0.2) is 35.1 Å². The molecule has 0 saturated heterocycles. The van der Waals surface area contributed by atoms with Crippen LogP contribution in [0.4, 0.5) is 14.5 Å². The van der Waals surface area contributed by atoms with Crippen LogP contribution >= 0.6 is 0 Å². The van der Waals surface area contributed by atoms with Gasteiger partial charge < -0.3 is 10.7 Å². The van der Waals surface area contributed by atoms with Gasteiger partial charge in [0.25, 0.3) is 5.91 Å². The minimum Gasteiger partial charge on any atom is -0.398 e. The molecule has 22 heavy (non-hydrogen) atoms. The first-order valence-electron chi connectivity index (χ1n) is 6.39. The zero-order valence-electron chi connectivity index (χ0n) is 11.5. The molecule has 0 spiro atoms. The number of rotatable bonds is 1. The van der Waals surface area contributed by atoms with Crippen molar-refractivity contribution >= 4 is 22.6 Å². The molecule has 112 valence electrons. The molecular formula is C15H11F2N3O2. The van der Waals surface area contributed by atoms with Crippen molar-refractivity contribution in [1.82, 2.24) is 9.55 Å². The fourth-order valence-corrected chi connectivity index (χ4v) is 2.24. The van der Waals surface area contributed by atoms with E-state index in [4.69, 9.17) is 5.73 Å². The predicted octanol–water partition coefficient (Wildman–Crippen LogP) is 2.19. The predicted molar refractivity (Wildman–Crippen MR) is 77.8 cm³/mol. The number of carbonyl (C=O) groups is 1. The van der Waals surface area contributed by atoms with E-state index in [1.807, 2.05) is 0 Å². The second kappa shape index (κ2) is 4.80. The van der Waals surface area contributed by atoms with Crippen molar-refractivity contribution in [3.63, 3.8) is 0 Å². The highest BCUT2D eigenvalue weighted by Crippen LogP contribution is 2.20. The Morgan fingerprint density at radius 2 is 1.91 bits per heavy atom. The number of hydrogen-bond acceptors (Lipinski definition) is 3. The Balaban J connectivity index is 2.23. The fourth-order valence-electron chi connectivity index (χ4n) is 2.24. The quantitative estimate of drug-likeness (QED) is 0.676. The summed E-state index contributed by atoms with van der Waals surface area (Å²) in [6.45, 7) is 1.77. The first-order valence-corrected chi connectivity index (χ1v) is 6.39. The zero-order valence-corrected chi connectivity index (χ0v) is 11.5. The minimum atomic E-state index is -1.16. The lowest BCUT2D eigenvalue weighted by atomic mass is 10.1. The van der Waals surface area contributed by atoms with Crippen LogP contribution < -0.4 is 11.4 Å². The first kappa shape index (κ1) is 14.0. The number of H-pyrrole nitrogens is 1. The topological polar surface area (TPSA) is 80.9 Å². The number of nitrogens with two attached hydrogens (primary N) is 1. The molecule has 5 nitrogen and oxygen atoms in total. The van der Waals surface area contributed by atoms with E-state index >= 15 is 0 Å². The second-order valence-corrected chi connectivity index (χ2v) is 4.93. The van der Waals surface area contributed by atoms with Gasteiger partial charge in [0.15, 0.2) is 11.6 Å². The van der Waals surface area contributed by atoms with Gasteiger partial charge in [-0.2, -0.15) is 0 Å². The molecule has 0 unspecified atom stereocenters. The van der Waals surface area contributed by atoms with E-state index in [0.29, 0.717) is 11.2 Å². The molecule has 3 aromatic rings. The zero-order chi connectivity index (χ0) is 16.0. The lowest BCUT2D eigenvalue weighted by Gasteiger charge is -2.05. The summed E-state index contributed by atoms with van der Waals surface area (Å²) in [5, 5.41) is 0. The van der Waals surface area contributed by atoms with Crippen molar-refractivity contribution in [3.8, 4) is 0 Å². The van der Waals surface area contributed by atoms with Crippen LogP contribution in [0.2, 0.25) is 0 Å². The Morgan fingerprint density at radius 1 is 1.18 bits per heavy atom. The van der Waals surface area contributed by atoms with E-state index < -0.39 is 23.2 Å².